The van der Waals surface area contributed by atoms with E-state index < -0.39 is 0 Å². The van der Waals surface area contributed by atoms with Crippen LogP contribution in [0.3, 0.4) is 0 Å². The van der Waals surface area contributed by atoms with Crippen LogP contribution in [-0.2, 0) is 7.05 Å². The van der Waals surface area contributed by atoms with E-state index in [1.54, 1.807) is 17.2 Å². The molecule has 2 aromatic heterocycles. The summed E-state index contributed by atoms with van der Waals surface area (Å²) >= 11 is 0. The van der Waals surface area contributed by atoms with Crippen LogP contribution >= 0.6 is 0 Å². The van der Waals surface area contributed by atoms with E-state index in [9.17, 15) is 0 Å². The fraction of sp³-hybridized carbons (Fsp3) is 0.222. The van der Waals surface area contributed by atoms with Crippen molar-refractivity contribution in [2.75, 3.05) is 0 Å². The average molecular weight is 174 g/mol. The topological polar surface area (TPSA) is 43.6 Å². The molecule has 66 valence electrons. The first-order chi connectivity index (χ1) is 6.27. The molecule has 0 saturated carbocycles. The van der Waals surface area contributed by atoms with Gasteiger partial charge in [-0.15, -0.1) is 0 Å². The van der Waals surface area contributed by atoms with Gasteiger partial charge in [0, 0.05) is 25.0 Å². The molecule has 0 spiro atoms. The van der Waals surface area contributed by atoms with E-state index in [1.165, 1.54) is 0 Å². The van der Waals surface area contributed by atoms with Crippen molar-refractivity contribution in [3.63, 3.8) is 0 Å². The lowest BCUT2D eigenvalue weighted by molar-refractivity contribution is 0.756. The summed E-state index contributed by atoms with van der Waals surface area (Å²) in [6.07, 6.45) is 5.23. The normalized spacial score (nSPS) is 10.3. The van der Waals surface area contributed by atoms with Crippen LogP contribution in [0, 0.1) is 6.92 Å². The highest BCUT2D eigenvalue weighted by Gasteiger charge is 2.05. The number of hydrogen-bond acceptors (Lipinski definition) is 3. The van der Waals surface area contributed by atoms with Gasteiger partial charge >= 0.3 is 0 Å². The van der Waals surface area contributed by atoms with Crippen molar-refractivity contribution in [2.45, 2.75) is 6.92 Å². The molecule has 4 nitrogen and oxygen atoms in total. The standard InChI is InChI=1S/C9H10N4/c1-7-8(5-13(2)12-7)9-3-4-10-6-11-9/h3-6H,1-2H3. The van der Waals surface area contributed by atoms with Crippen LogP contribution in [-0.4, -0.2) is 19.7 Å². The largest absolute Gasteiger partial charge is 0.275 e. The Balaban J connectivity index is 2.53. The lowest BCUT2D eigenvalue weighted by Crippen LogP contribution is -1.86. The Morgan fingerprint density at radius 2 is 2.23 bits per heavy atom. The predicted molar refractivity (Wildman–Crippen MR) is 49.0 cm³/mol. The van der Waals surface area contributed by atoms with Gasteiger partial charge in [-0.3, -0.25) is 4.68 Å². The van der Waals surface area contributed by atoms with Crippen molar-refractivity contribution in [1.82, 2.24) is 19.7 Å². The summed E-state index contributed by atoms with van der Waals surface area (Å²) in [5.41, 5.74) is 2.96. The van der Waals surface area contributed by atoms with E-state index >= 15 is 0 Å². The molecule has 0 aliphatic heterocycles. The third kappa shape index (κ3) is 1.42. The molecule has 0 aliphatic carbocycles. The Kier molecular flexibility index (Phi) is 1.81. The molecule has 0 amide bonds. The molecule has 0 N–H and O–H groups in total. The summed E-state index contributed by atoms with van der Waals surface area (Å²) in [4.78, 5) is 8.03. The van der Waals surface area contributed by atoms with Crippen LogP contribution in [0.5, 0.6) is 0 Å². The quantitative estimate of drug-likeness (QED) is 0.652. The molecule has 2 heterocycles. The minimum absolute atomic E-state index is 0.917. The van der Waals surface area contributed by atoms with Crippen LogP contribution in [0.2, 0.25) is 0 Å². The third-order valence-electron chi connectivity index (χ3n) is 1.87. The summed E-state index contributed by atoms with van der Waals surface area (Å²) in [7, 11) is 1.90. The second kappa shape index (κ2) is 2.97. The van der Waals surface area contributed by atoms with Crippen molar-refractivity contribution in [1.29, 1.82) is 0 Å². The van der Waals surface area contributed by atoms with Crippen molar-refractivity contribution in [3.05, 3.63) is 30.5 Å². The minimum atomic E-state index is 0.917. The van der Waals surface area contributed by atoms with Crippen LogP contribution in [0.4, 0.5) is 0 Å². The molecule has 13 heavy (non-hydrogen) atoms. The molecule has 0 atom stereocenters. The number of rotatable bonds is 1. The highest BCUT2D eigenvalue weighted by Crippen LogP contribution is 2.18. The monoisotopic (exact) mass is 174 g/mol. The molecule has 0 radical (unpaired) electrons. The third-order valence-corrected chi connectivity index (χ3v) is 1.87. The zero-order valence-electron chi connectivity index (χ0n) is 7.60. The Morgan fingerprint density at radius 1 is 1.38 bits per heavy atom. The SMILES string of the molecule is Cc1nn(C)cc1-c1ccncn1. The van der Waals surface area contributed by atoms with Gasteiger partial charge in [-0.1, -0.05) is 0 Å². The van der Waals surface area contributed by atoms with Gasteiger partial charge in [-0.05, 0) is 13.0 Å². The maximum absolute atomic E-state index is 4.24. The summed E-state index contributed by atoms with van der Waals surface area (Å²) in [6.45, 7) is 1.97. The fourth-order valence-corrected chi connectivity index (χ4v) is 1.30. The Morgan fingerprint density at radius 3 is 2.77 bits per heavy atom. The average Bonchev–Trinajstić information content (AvgIpc) is 2.47. The smallest absolute Gasteiger partial charge is 0.116 e. The molecule has 0 saturated heterocycles. The first-order valence-corrected chi connectivity index (χ1v) is 4.04. The fourth-order valence-electron chi connectivity index (χ4n) is 1.30. The van der Waals surface area contributed by atoms with E-state index in [0.717, 1.165) is 17.0 Å². The van der Waals surface area contributed by atoms with Gasteiger partial charge in [-0.2, -0.15) is 5.10 Å². The van der Waals surface area contributed by atoms with Crippen LogP contribution in [0.25, 0.3) is 11.3 Å². The minimum Gasteiger partial charge on any atom is -0.275 e. The molecular formula is C9H10N4. The number of nitrogens with zero attached hydrogens (tertiary/aromatic N) is 4. The zero-order chi connectivity index (χ0) is 9.26. The maximum Gasteiger partial charge on any atom is 0.116 e. The number of aromatic nitrogens is 4. The Bertz CT molecular complexity index is 405. The van der Waals surface area contributed by atoms with E-state index in [-0.39, 0.29) is 0 Å². The van der Waals surface area contributed by atoms with E-state index in [0.29, 0.717) is 0 Å². The van der Waals surface area contributed by atoms with Gasteiger partial charge in [0.15, 0.2) is 0 Å². The van der Waals surface area contributed by atoms with Gasteiger partial charge in [0.2, 0.25) is 0 Å². The van der Waals surface area contributed by atoms with Crippen LogP contribution in [0.1, 0.15) is 5.69 Å². The molecule has 4 heteroatoms. The predicted octanol–water partition coefficient (Wildman–Crippen LogP) is 1.19. The lowest BCUT2D eigenvalue weighted by Gasteiger charge is -1.94. The highest BCUT2D eigenvalue weighted by molar-refractivity contribution is 5.59. The van der Waals surface area contributed by atoms with Crippen LogP contribution in [0.15, 0.2) is 24.8 Å². The Labute approximate surface area is 76.3 Å². The van der Waals surface area contributed by atoms with E-state index in [4.69, 9.17) is 0 Å². The van der Waals surface area contributed by atoms with Crippen molar-refractivity contribution in [2.24, 2.45) is 7.05 Å². The first-order valence-electron chi connectivity index (χ1n) is 4.04. The Hall–Kier alpha value is -1.71. The molecule has 0 aliphatic rings. The summed E-state index contributed by atoms with van der Waals surface area (Å²) in [6, 6.07) is 1.88. The van der Waals surface area contributed by atoms with Gasteiger partial charge in [0.05, 0.1) is 11.4 Å². The first kappa shape index (κ1) is 7.91. The molecule has 2 aromatic rings. The number of aryl methyl sites for hydroxylation is 2. The number of hydrogen-bond donors (Lipinski definition) is 0. The summed E-state index contributed by atoms with van der Waals surface area (Å²) in [5.74, 6) is 0. The summed E-state index contributed by atoms with van der Waals surface area (Å²) < 4.78 is 1.78. The van der Waals surface area contributed by atoms with E-state index in [2.05, 4.69) is 15.1 Å². The lowest BCUT2D eigenvalue weighted by atomic mass is 10.2. The molecule has 2 rings (SSSR count). The molecule has 0 bridgehead atoms. The molecule has 0 aromatic carbocycles. The van der Waals surface area contributed by atoms with Gasteiger partial charge < -0.3 is 0 Å². The molecule has 0 fully saturated rings. The van der Waals surface area contributed by atoms with Gasteiger partial charge in [0.25, 0.3) is 0 Å². The van der Waals surface area contributed by atoms with Gasteiger partial charge in [-0.25, -0.2) is 9.97 Å². The second-order valence-electron chi connectivity index (χ2n) is 2.90. The summed E-state index contributed by atoms with van der Waals surface area (Å²) in [5, 5.41) is 4.24. The maximum atomic E-state index is 4.24. The van der Waals surface area contributed by atoms with Crippen molar-refractivity contribution >= 4 is 0 Å². The zero-order valence-corrected chi connectivity index (χ0v) is 7.60. The molecular weight excluding hydrogens is 164 g/mol. The molecule has 0 unspecified atom stereocenters. The van der Waals surface area contributed by atoms with Crippen molar-refractivity contribution in [3.8, 4) is 11.3 Å². The van der Waals surface area contributed by atoms with Crippen LogP contribution < -0.4 is 0 Å². The van der Waals surface area contributed by atoms with Crippen molar-refractivity contribution < 1.29 is 0 Å². The van der Waals surface area contributed by atoms with E-state index in [1.807, 2.05) is 26.2 Å². The highest BCUT2D eigenvalue weighted by atomic mass is 15.2. The second-order valence-corrected chi connectivity index (χ2v) is 2.90. The van der Waals surface area contributed by atoms with Gasteiger partial charge in [0.1, 0.15) is 6.33 Å².